The van der Waals surface area contributed by atoms with Crippen LogP contribution in [0.3, 0.4) is 0 Å². The van der Waals surface area contributed by atoms with Crippen molar-refractivity contribution in [1.82, 2.24) is 15.5 Å². The molecule has 1 aliphatic rings. The molecule has 1 fully saturated rings. The van der Waals surface area contributed by atoms with Crippen molar-refractivity contribution in [2.75, 3.05) is 46.4 Å². The molecule has 2 N–H and O–H groups in total. The SMILES string of the molecule is CCCN1CCC(CNC(=NC)NCCOc2ccc(C)cc2)C1. The summed E-state index contributed by atoms with van der Waals surface area (Å²) in [6.07, 6.45) is 2.52. The Kier molecular flexibility index (Phi) is 7.89. The zero-order valence-electron chi connectivity index (χ0n) is 15.3. The van der Waals surface area contributed by atoms with Crippen molar-refractivity contribution in [3.8, 4) is 5.75 Å². The summed E-state index contributed by atoms with van der Waals surface area (Å²) in [7, 11) is 1.81. The van der Waals surface area contributed by atoms with Gasteiger partial charge in [-0.3, -0.25) is 4.99 Å². The second-order valence-electron chi connectivity index (χ2n) is 6.50. The highest BCUT2D eigenvalue weighted by Gasteiger charge is 2.21. The Morgan fingerprint density at radius 1 is 1.29 bits per heavy atom. The van der Waals surface area contributed by atoms with Gasteiger partial charge in [-0.2, -0.15) is 0 Å². The van der Waals surface area contributed by atoms with Crippen LogP contribution in [0.15, 0.2) is 29.3 Å². The number of benzene rings is 1. The van der Waals surface area contributed by atoms with E-state index in [0.29, 0.717) is 6.61 Å². The van der Waals surface area contributed by atoms with Crippen LogP contribution in [0.1, 0.15) is 25.3 Å². The number of likely N-dealkylation sites (tertiary alicyclic amines) is 1. The molecule has 1 aliphatic heterocycles. The average molecular weight is 332 g/mol. The lowest BCUT2D eigenvalue weighted by atomic mass is 10.1. The van der Waals surface area contributed by atoms with Gasteiger partial charge in [0.05, 0.1) is 6.54 Å². The second-order valence-corrected chi connectivity index (χ2v) is 6.50. The highest BCUT2D eigenvalue weighted by atomic mass is 16.5. The number of nitrogens with zero attached hydrogens (tertiary/aromatic N) is 2. The van der Waals surface area contributed by atoms with Crippen LogP contribution in [0.5, 0.6) is 5.75 Å². The maximum absolute atomic E-state index is 5.72. The van der Waals surface area contributed by atoms with Crippen LogP contribution in [0.4, 0.5) is 0 Å². The molecule has 0 radical (unpaired) electrons. The summed E-state index contributed by atoms with van der Waals surface area (Å²) in [5.41, 5.74) is 1.24. The molecule has 1 heterocycles. The highest BCUT2D eigenvalue weighted by Crippen LogP contribution is 2.15. The quantitative estimate of drug-likeness (QED) is 0.436. The van der Waals surface area contributed by atoms with Gasteiger partial charge in [0.1, 0.15) is 12.4 Å². The lowest BCUT2D eigenvalue weighted by molar-refractivity contribution is 0.320. The van der Waals surface area contributed by atoms with Gasteiger partial charge in [0.25, 0.3) is 0 Å². The number of aryl methyl sites for hydroxylation is 1. The third-order valence-corrected chi connectivity index (χ3v) is 4.38. The normalized spacial score (nSPS) is 18.6. The standard InChI is InChI=1S/C19H32N4O/c1-4-11-23-12-9-17(15-23)14-22-19(20-3)21-10-13-24-18-7-5-16(2)6-8-18/h5-8,17H,4,9-15H2,1-3H3,(H2,20,21,22). The Morgan fingerprint density at radius 2 is 2.08 bits per heavy atom. The Balaban J connectivity index is 1.60. The second kappa shape index (κ2) is 10.2. The zero-order valence-corrected chi connectivity index (χ0v) is 15.3. The first-order chi connectivity index (χ1) is 11.7. The van der Waals surface area contributed by atoms with E-state index in [2.05, 4.69) is 46.5 Å². The number of ether oxygens (including phenoxy) is 1. The summed E-state index contributed by atoms with van der Waals surface area (Å²) in [6, 6.07) is 8.13. The van der Waals surface area contributed by atoms with E-state index in [1.54, 1.807) is 0 Å². The Bertz CT molecular complexity index is 501. The third kappa shape index (κ3) is 6.40. The van der Waals surface area contributed by atoms with Crippen LogP contribution in [-0.2, 0) is 0 Å². The van der Waals surface area contributed by atoms with E-state index in [-0.39, 0.29) is 0 Å². The van der Waals surface area contributed by atoms with Crippen LogP contribution in [0.2, 0.25) is 0 Å². The van der Waals surface area contributed by atoms with Crippen molar-refractivity contribution < 1.29 is 4.74 Å². The van der Waals surface area contributed by atoms with Crippen LogP contribution in [-0.4, -0.2) is 57.2 Å². The van der Waals surface area contributed by atoms with E-state index in [0.717, 1.165) is 30.7 Å². The average Bonchev–Trinajstić information content (AvgIpc) is 3.04. The largest absolute Gasteiger partial charge is 0.492 e. The summed E-state index contributed by atoms with van der Waals surface area (Å²) in [5, 5.41) is 6.75. The maximum Gasteiger partial charge on any atom is 0.191 e. The number of rotatable bonds is 8. The first kappa shape index (κ1) is 18.6. The Morgan fingerprint density at radius 3 is 2.79 bits per heavy atom. The monoisotopic (exact) mass is 332 g/mol. The van der Waals surface area contributed by atoms with Gasteiger partial charge in [-0.1, -0.05) is 24.6 Å². The van der Waals surface area contributed by atoms with Gasteiger partial charge in [0.2, 0.25) is 0 Å². The zero-order chi connectivity index (χ0) is 17.2. The van der Waals surface area contributed by atoms with Gasteiger partial charge in [-0.25, -0.2) is 0 Å². The maximum atomic E-state index is 5.72. The van der Waals surface area contributed by atoms with Crippen LogP contribution >= 0.6 is 0 Å². The van der Waals surface area contributed by atoms with E-state index in [9.17, 15) is 0 Å². The fourth-order valence-corrected chi connectivity index (χ4v) is 3.03. The smallest absolute Gasteiger partial charge is 0.191 e. The Labute approximate surface area is 146 Å². The number of hydrogen-bond acceptors (Lipinski definition) is 3. The minimum absolute atomic E-state index is 0.622. The topological polar surface area (TPSA) is 48.9 Å². The van der Waals surface area contributed by atoms with Crippen LogP contribution < -0.4 is 15.4 Å². The fraction of sp³-hybridized carbons (Fsp3) is 0.632. The van der Waals surface area contributed by atoms with E-state index >= 15 is 0 Å². The minimum Gasteiger partial charge on any atom is -0.492 e. The third-order valence-electron chi connectivity index (χ3n) is 4.38. The van der Waals surface area contributed by atoms with Crippen LogP contribution in [0, 0.1) is 12.8 Å². The first-order valence-electron chi connectivity index (χ1n) is 9.07. The van der Waals surface area contributed by atoms with Gasteiger partial charge >= 0.3 is 0 Å². The number of aliphatic imine (C=N–C) groups is 1. The molecule has 1 aromatic rings. The molecule has 1 atom stereocenters. The molecule has 0 aromatic heterocycles. The van der Waals surface area contributed by atoms with E-state index in [4.69, 9.17) is 4.74 Å². The van der Waals surface area contributed by atoms with Gasteiger partial charge in [0, 0.05) is 20.1 Å². The van der Waals surface area contributed by atoms with Gasteiger partial charge in [-0.15, -0.1) is 0 Å². The summed E-state index contributed by atoms with van der Waals surface area (Å²) in [4.78, 5) is 6.84. The molecule has 1 aromatic carbocycles. The number of guanidine groups is 1. The summed E-state index contributed by atoms with van der Waals surface area (Å²) < 4.78 is 5.72. The predicted molar refractivity (Wildman–Crippen MR) is 101 cm³/mol. The summed E-state index contributed by atoms with van der Waals surface area (Å²) in [6.45, 7) is 10.3. The van der Waals surface area contributed by atoms with Crippen molar-refractivity contribution in [3.63, 3.8) is 0 Å². The molecule has 134 valence electrons. The molecule has 0 aliphatic carbocycles. The summed E-state index contributed by atoms with van der Waals surface area (Å²) in [5.74, 6) is 2.49. The molecule has 0 saturated carbocycles. The summed E-state index contributed by atoms with van der Waals surface area (Å²) >= 11 is 0. The molecule has 1 unspecified atom stereocenters. The lowest BCUT2D eigenvalue weighted by Gasteiger charge is -2.17. The number of nitrogens with one attached hydrogen (secondary N) is 2. The van der Waals surface area contributed by atoms with Crippen molar-refractivity contribution in [2.45, 2.75) is 26.7 Å². The molecule has 5 nitrogen and oxygen atoms in total. The van der Waals surface area contributed by atoms with Crippen LogP contribution in [0.25, 0.3) is 0 Å². The predicted octanol–water partition coefficient (Wildman–Crippen LogP) is 2.27. The molecule has 2 rings (SSSR count). The first-order valence-corrected chi connectivity index (χ1v) is 9.07. The minimum atomic E-state index is 0.622. The molecule has 0 bridgehead atoms. The van der Waals surface area contributed by atoms with Gasteiger partial charge in [-0.05, 0) is 50.9 Å². The molecule has 0 spiro atoms. The molecular weight excluding hydrogens is 300 g/mol. The van der Waals surface area contributed by atoms with E-state index in [1.165, 1.54) is 38.0 Å². The Hall–Kier alpha value is -1.75. The lowest BCUT2D eigenvalue weighted by Crippen LogP contribution is -2.41. The number of hydrogen-bond donors (Lipinski definition) is 2. The van der Waals surface area contributed by atoms with Crippen molar-refractivity contribution >= 4 is 5.96 Å². The molecule has 1 saturated heterocycles. The molecule has 5 heteroatoms. The molecular formula is C19H32N4O. The van der Waals surface area contributed by atoms with Gasteiger partial charge < -0.3 is 20.3 Å². The van der Waals surface area contributed by atoms with E-state index in [1.807, 2.05) is 19.2 Å². The molecule has 24 heavy (non-hydrogen) atoms. The highest BCUT2D eigenvalue weighted by molar-refractivity contribution is 5.79. The van der Waals surface area contributed by atoms with Crippen molar-refractivity contribution in [1.29, 1.82) is 0 Å². The molecule has 0 amide bonds. The van der Waals surface area contributed by atoms with E-state index < -0.39 is 0 Å². The van der Waals surface area contributed by atoms with Crippen molar-refractivity contribution in [3.05, 3.63) is 29.8 Å². The van der Waals surface area contributed by atoms with Gasteiger partial charge in [0.15, 0.2) is 5.96 Å². The van der Waals surface area contributed by atoms with Crippen molar-refractivity contribution in [2.24, 2.45) is 10.9 Å². The fourth-order valence-electron chi connectivity index (χ4n) is 3.03.